The fourth-order valence-electron chi connectivity index (χ4n) is 4.23. The third-order valence-corrected chi connectivity index (χ3v) is 7.27. The zero-order valence-electron chi connectivity index (χ0n) is 22.7. The minimum absolute atomic E-state index is 0. The summed E-state index contributed by atoms with van der Waals surface area (Å²) in [5, 5.41) is 14.4. The Labute approximate surface area is 244 Å². The van der Waals surface area contributed by atoms with Gasteiger partial charge in [-0.05, 0) is 63.5 Å². The van der Waals surface area contributed by atoms with Gasteiger partial charge in [0.1, 0.15) is 11.3 Å². The third kappa shape index (κ3) is 9.97. The summed E-state index contributed by atoms with van der Waals surface area (Å²) in [5.41, 5.74) is -1.20. The Kier molecular flexibility index (Phi) is 13.0. The number of hydrogen-bond acceptors (Lipinski definition) is 9. The smallest absolute Gasteiger partial charge is 0.410 e. The van der Waals surface area contributed by atoms with E-state index >= 15 is 0 Å². The van der Waals surface area contributed by atoms with Crippen molar-refractivity contribution in [1.82, 2.24) is 25.7 Å². The average Bonchev–Trinajstić information content (AvgIpc) is 3.33. The van der Waals surface area contributed by atoms with Crippen LogP contribution >= 0.6 is 35.8 Å². The van der Waals surface area contributed by atoms with E-state index in [2.05, 4.69) is 20.8 Å². The first-order valence-electron chi connectivity index (χ1n) is 12.8. The molecule has 1 aliphatic carbocycles. The van der Waals surface area contributed by atoms with Gasteiger partial charge in [0.25, 0.3) is 11.1 Å². The van der Waals surface area contributed by atoms with Crippen LogP contribution in [0, 0.1) is 5.92 Å². The first kappa shape index (κ1) is 32.9. The lowest BCUT2D eigenvalue weighted by Gasteiger charge is -2.37. The lowest BCUT2D eigenvalue weighted by molar-refractivity contribution is -0.129. The molecule has 3 rings (SSSR count). The predicted octanol–water partition coefficient (Wildman–Crippen LogP) is 5.00. The standard InChI is InChI=1S/C26H36ClN5O5S.ClH/c1-17(2)16-20(21(33)22-30-31-25(37-22)38-15-14-32(3)4)28-23(34)26(12-6-5-7-13-26)29-24(35)36-19-10-8-18(27)9-11-19;/h8-11,17,20H,5-7,12-16H2,1-4H3,(H,28,34)(H,29,35);1H. The van der Waals surface area contributed by atoms with Gasteiger partial charge in [-0.25, -0.2) is 4.79 Å². The van der Waals surface area contributed by atoms with E-state index in [9.17, 15) is 14.4 Å². The number of nitrogens with zero attached hydrogens (tertiary/aromatic N) is 3. The van der Waals surface area contributed by atoms with Gasteiger partial charge >= 0.3 is 6.09 Å². The number of thioether (sulfide) groups is 1. The van der Waals surface area contributed by atoms with Gasteiger partial charge in [-0.3, -0.25) is 9.59 Å². The zero-order valence-corrected chi connectivity index (χ0v) is 25.1. The molecule has 1 unspecified atom stereocenters. The van der Waals surface area contributed by atoms with Crippen molar-refractivity contribution in [3.63, 3.8) is 0 Å². The number of aromatic nitrogens is 2. The topological polar surface area (TPSA) is 127 Å². The molecular formula is C26H37Cl2N5O5S. The Morgan fingerprint density at radius 1 is 1.13 bits per heavy atom. The van der Waals surface area contributed by atoms with Gasteiger partial charge in [0.15, 0.2) is 0 Å². The summed E-state index contributed by atoms with van der Waals surface area (Å²) >= 11 is 7.27. The minimum Gasteiger partial charge on any atom is -0.410 e. The highest BCUT2D eigenvalue weighted by Gasteiger charge is 2.43. The van der Waals surface area contributed by atoms with Gasteiger partial charge in [0.05, 0.1) is 6.04 Å². The van der Waals surface area contributed by atoms with Gasteiger partial charge < -0.3 is 24.7 Å². The van der Waals surface area contributed by atoms with Crippen LogP contribution < -0.4 is 15.4 Å². The molecule has 1 saturated carbocycles. The van der Waals surface area contributed by atoms with E-state index in [0.29, 0.717) is 35.3 Å². The van der Waals surface area contributed by atoms with Gasteiger partial charge in [-0.2, -0.15) is 0 Å². The Bertz CT molecular complexity index is 1090. The number of Topliss-reactive ketones (excluding diaryl/α,β-unsaturated/α-hetero) is 1. The number of carbonyl (C=O) groups is 3. The molecule has 1 aromatic carbocycles. The molecule has 1 aromatic heterocycles. The molecule has 2 N–H and O–H groups in total. The molecule has 1 fully saturated rings. The van der Waals surface area contributed by atoms with Crippen LogP contribution in [0.2, 0.25) is 5.02 Å². The molecule has 0 saturated heterocycles. The molecule has 0 radical (unpaired) electrons. The molecule has 0 bridgehead atoms. The van der Waals surface area contributed by atoms with Crippen LogP contribution in [0.4, 0.5) is 4.79 Å². The molecule has 216 valence electrons. The van der Waals surface area contributed by atoms with Crippen LogP contribution in [-0.2, 0) is 4.79 Å². The molecule has 1 heterocycles. The minimum atomic E-state index is -1.20. The normalized spacial score (nSPS) is 15.4. The second kappa shape index (κ2) is 15.4. The maximum absolute atomic E-state index is 13.7. The molecular weight excluding hydrogens is 565 g/mol. The van der Waals surface area contributed by atoms with E-state index in [1.165, 1.54) is 11.8 Å². The second-order valence-corrected chi connectivity index (χ2v) is 11.6. The van der Waals surface area contributed by atoms with Crippen molar-refractivity contribution in [2.24, 2.45) is 5.92 Å². The number of ether oxygens (including phenoxy) is 1. The average molecular weight is 603 g/mol. The van der Waals surface area contributed by atoms with E-state index in [-0.39, 0.29) is 24.2 Å². The molecule has 10 nitrogen and oxygen atoms in total. The predicted molar refractivity (Wildman–Crippen MR) is 153 cm³/mol. The van der Waals surface area contributed by atoms with Gasteiger partial charge in [-0.1, -0.05) is 56.5 Å². The molecule has 0 spiro atoms. The van der Waals surface area contributed by atoms with Crippen molar-refractivity contribution in [3.8, 4) is 5.75 Å². The van der Waals surface area contributed by atoms with Crippen LogP contribution in [0.15, 0.2) is 33.9 Å². The van der Waals surface area contributed by atoms with Crippen molar-refractivity contribution in [2.75, 3.05) is 26.4 Å². The van der Waals surface area contributed by atoms with Crippen LogP contribution in [0.3, 0.4) is 0 Å². The van der Waals surface area contributed by atoms with Crippen molar-refractivity contribution < 1.29 is 23.5 Å². The summed E-state index contributed by atoms with van der Waals surface area (Å²) < 4.78 is 11.0. The highest BCUT2D eigenvalue weighted by atomic mass is 35.5. The maximum Gasteiger partial charge on any atom is 0.413 e. The highest BCUT2D eigenvalue weighted by Crippen LogP contribution is 2.30. The highest BCUT2D eigenvalue weighted by molar-refractivity contribution is 7.99. The molecule has 39 heavy (non-hydrogen) atoms. The number of benzene rings is 1. The fourth-order valence-corrected chi connectivity index (χ4v) is 5.22. The number of nitrogens with one attached hydrogen (secondary N) is 2. The zero-order chi connectivity index (χ0) is 27.7. The molecule has 13 heteroatoms. The van der Waals surface area contributed by atoms with Gasteiger partial charge in [-0.15, -0.1) is 22.6 Å². The van der Waals surface area contributed by atoms with Crippen molar-refractivity contribution in [3.05, 3.63) is 35.2 Å². The lowest BCUT2D eigenvalue weighted by Crippen LogP contribution is -2.62. The first-order valence-corrected chi connectivity index (χ1v) is 14.2. The number of carbonyl (C=O) groups excluding carboxylic acids is 3. The van der Waals surface area contributed by atoms with E-state index in [4.69, 9.17) is 20.8 Å². The molecule has 2 aromatic rings. The number of amides is 2. The van der Waals surface area contributed by atoms with E-state index < -0.39 is 29.4 Å². The molecule has 0 aliphatic heterocycles. The summed E-state index contributed by atoms with van der Waals surface area (Å²) in [4.78, 5) is 41.8. The quantitative estimate of drug-likeness (QED) is 0.255. The maximum atomic E-state index is 13.7. The molecule has 2 amide bonds. The van der Waals surface area contributed by atoms with Crippen LogP contribution in [0.5, 0.6) is 5.75 Å². The van der Waals surface area contributed by atoms with E-state index in [0.717, 1.165) is 31.6 Å². The van der Waals surface area contributed by atoms with Crippen LogP contribution in [-0.4, -0.2) is 70.9 Å². The number of halogens is 2. The van der Waals surface area contributed by atoms with Crippen LogP contribution in [0.25, 0.3) is 0 Å². The summed E-state index contributed by atoms with van der Waals surface area (Å²) in [5.74, 6) is 0.122. The number of ketones is 1. The largest absolute Gasteiger partial charge is 0.413 e. The SMILES string of the molecule is CC(C)CC(NC(=O)C1(NC(=O)Oc2ccc(Cl)cc2)CCCCC1)C(=O)c1nnc(SCCN(C)C)o1.Cl. The van der Waals surface area contributed by atoms with Gasteiger partial charge in [0.2, 0.25) is 11.7 Å². The number of rotatable bonds is 12. The van der Waals surface area contributed by atoms with Gasteiger partial charge in [0, 0.05) is 17.3 Å². The van der Waals surface area contributed by atoms with E-state index in [1.807, 2.05) is 32.8 Å². The lowest BCUT2D eigenvalue weighted by atomic mass is 9.80. The summed E-state index contributed by atoms with van der Waals surface area (Å²) in [6.07, 6.45) is 2.97. The van der Waals surface area contributed by atoms with Crippen molar-refractivity contribution >= 4 is 53.6 Å². The monoisotopic (exact) mass is 601 g/mol. The Morgan fingerprint density at radius 2 is 1.79 bits per heavy atom. The van der Waals surface area contributed by atoms with Crippen molar-refractivity contribution in [2.45, 2.75) is 69.2 Å². The second-order valence-electron chi connectivity index (χ2n) is 10.2. The summed E-state index contributed by atoms with van der Waals surface area (Å²) in [7, 11) is 3.93. The molecule has 1 atom stereocenters. The van der Waals surface area contributed by atoms with E-state index in [1.54, 1.807) is 24.3 Å². The molecule has 1 aliphatic rings. The Balaban J connectivity index is 0.00000533. The van der Waals surface area contributed by atoms with Crippen LogP contribution in [0.1, 0.15) is 63.1 Å². The fraction of sp³-hybridized carbons (Fsp3) is 0.577. The summed E-state index contributed by atoms with van der Waals surface area (Å²) in [6, 6.07) is 5.49. The van der Waals surface area contributed by atoms with Crippen molar-refractivity contribution in [1.29, 1.82) is 0 Å². The Morgan fingerprint density at radius 3 is 2.41 bits per heavy atom. The third-order valence-electron chi connectivity index (χ3n) is 6.22. The Hall–Kier alpha value is -2.34. The summed E-state index contributed by atoms with van der Waals surface area (Å²) in [6.45, 7) is 4.74. The first-order chi connectivity index (χ1) is 18.1. The number of hydrogen-bond donors (Lipinski definition) is 2.